The quantitative estimate of drug-likeness (QED) is 0.747. The van der Waals surface area contributed by atoms with Gasteiger partial charge in [-0.2, -0.15) is 0 Å². The molecule has 2 aliphatic rings. The lowest BCUT2D eigenvalue weighted by atomic mass is 10.0. The van der Waals surface area contributed by atoms with Crippen molar-refractivity contribution in [3.8, 4) is 0 Å². The van der Waals surface area contributed by atoms with E-state index >= 15 is 0 Å². The molecule has 0 bridgehead atoms. The third-order valence-corrected chi connectivity index (χ3v) is 6.69. The normalized spacial score (nSPS) is 25.8. The Bertz CT molecular complexity index is 740. The van der Waals surface area contributed by atoms with Crippen molar-refractivity contribution in [2.45, 2.75) is 18.5 Å². The molecule has 25 heavy (non-hydrogen) atoms. The molecule has 1 aromatic carbocycles. The van der Waals surface area contributed by atoms with Gasteiger partial charge >= 0.3 is 0 Å². The molecule has 0 aromatic heterocycles. The van der Waals surface area contributed by atoms with E-state index in [4.69, 9.17) is 4.74 Å². The molecule has 2 aliphatic heterocycles. The Hall–Kier alpha value is -1.51. The molecule has 3 rings (SSSR count). The summed E-state index contributed by atoms with van der Waals surface area (Å²) >= 11 is 0. The standard InChI is InChI=1S/C17H23FN2O4S/c1-24-9-8-19-6-7-20(16-12-25(22,23)11-15(16)19)17(21)10-13-4-2-3-5-14(13)18/h2-5,15-16H,6-12H2,1H3/t15-,16+/m0/s1. The van der Waals surface area contributed by atoms with Gasteiger partial charge in [0.05, 0.1) is 30.6 Å². The predicted molar refractivity (Wildman–Crippen MR) is 91.5 cm³/mol. The smallest absolute Gasteiger partial charge is 0.227 e. The summed E-state index contributed by atoms with van der Waals surface area (Å²) in [5.41, 5.74) is 0.340. The van der Waals surface area contributed by atoms with Crippen LogP contribution in [0.25, 0.3) is 0 Å². The molecule has 0 saturated carbocycles. The largest absolute Gasteiger partial charge is 0.383 e. The number of piperazine rings is 1. The minimum absolute atomic E-state index is 0.0237. The number of carbonyl (C=O) groups is 1. The number of amides is 1. The summed E-state index contributed by atoms with van der Waals surface area (Å²) in [5.74, 6) is -0.594. The number of methoxy groups -OCH3 is 1. The van der Waals surface area contributed by atoms with Crippen molar-refractivity contribution in [1.82, 2.24) is 9.80 Å². The molecule has 138 valence electrons. The maximum Gasteiger partial charge on any atom is 0.227 e. The molecule has 6 nitrogen and oxygen atoms in total. The van der Waals surface area contributed by atoms with Crippen LogP contribution in [0.15, 0.2) is 24.3 Å². The van der Waals surface area contributed by atoms with Crippen LogP contribution in [0.5, 0.6) is 0 Å². The minimum Gasteiger partial charge on any atom is -0.383 e. The van der Waals surface area contributed by atoms with Crippen molar-refractivity contribution in [2.24, 2.45) is 0 Å². The van der Waals surface area contributed by atoms with E-state index in [1.807, 2.05) is 0 Å². The van der Waals surface area contributed by atoms with Crippen LogP contribution in [0.2, 0.25) is 0 Å². The maximum absolute atomic E-state index is 13.8. The highest BCUT2D eigenvalue weighted by Gasteiger charge is 2.47. The van der Waals surface area contributed by atoms with Crippen LogP contribution in [0.4, 0.5) is 4.39 Å². The van der Waals surface area contributed by atoms with E-state index < -0.39 is 15.7 Å². The highest BCUT2D eigenvalue weighted by atomic mass is 32.2. The Morgan fingerprint density at radius 3 is 2.68 bits per heavy atom. The molecule has 0 radical (unpaired) electrons. The van der Waals surface area contributed by atoms with Crippen LogP contribution in [0.1, 0.15) is 5.56 Å². The first kappa shape index (κ1) is 18.3. The molecule has 0 aliphatic carbocycles. The lowest BCUT2D eigenvalue weighted by molar-refractivity contribution is -0.136. The molecular formula is C17H23FN2O4S. The van der Waals surface area contributed by atoms with E-state index in [-0.39, 0.29) is 35.9 Å². The third-order valence-electron chi connectivity index (χ3n) is 4.99. The molecule has 2 fully saturated rings. The summed E-state index contributed by atoms with van der Waals surface area (Å²) in [6.07, 6.45) is -0.0476. The average molecular weight is 370 g/mol. The van der Waals surface area contributed by atoms with E-state index in [9.17, 15) is 17.6 Å². The number of halogens is 1. The minimum atomic E-state index is -3.18. The molecule has 1 amide bonds. The van der Waals surface area contributed by atoms with Crippen LogP contribution in [-0.2, 0) is 25.8 Å². The number of hydrogen-bond acceptors (Lipinski definition) is 5. The first-order chi connectivity index (χ1) is 11.9. The number of benzene rings is 1. The van der Waals surface area contributed by atoms with Crippen molar-refractivity contribution in [1.29, 1.82) is 0 Å². The number of ether oxygens (including phenoxy) is 1. The molecular weight excluding hydrogens is 347 g/mol. The second kappa shape index (κ2) is 7.39. The summed E-state index contributed by atoms with van der Waals surface area (Å²) in [7, 11) is -1.58. The van der Waals surface area contributed by atoms with Crippen molar-refractivity contribution in [2.75, 3.05) is 44.9 Å². The second-order valence-corrected chi connectivity index (χ2v) is 8.75. The van der Waals surface area contributed by atoms with Crippen molar-refractivity contribution >= 4 is 15.7 Å². The molecule has 8 heteroatoms. The summed E-state index contributed by atoms with van der Waals surface area (Å²) in [6.45, 7) is 2.21. The Kier molecular flexibility index (Phi) is 5.41. The number of nitrogens with zero attached hydrogens (tertiary/aromatic N) is 2. The molecule has 0 unspecified atom stereocenters. The topological polar surface area (TPSA) is 66.9 Å². The lowest BCUT2D eigenvalue weighted by Gasteiger charge is -2.44. The fraction of sp³-hybridized carbons (Fsp3) is 0.588. The van der Waals surface area contributed by atoms with E-state index in [0.717, 1.165) is 0 Å². The van der Waals surface area contributed by atoms with Gasteiger partial charge in [-0.1, -0.05) is 18.2 Å². The lowest BCUT2D eigenvalue weighted by Crippen LogP contribution is -2.61. The monoisotopic (exact) mass is 370 g/mol. The Balaban J connectivity index is 1.76. The zero-order chi connectivity index (χ0) is 18.0. The van der Waals surface area contributed by atoms with Gasteiger partial charge in [-0.15, -0.1) is 0 Å². The molecule has 1 aromatic rings. The van der Waals surface area contributed by atoms with Crippen molar-refractivity contribution < 1.29 is 22.3 Å². The zero-order valence-corrected chi connectivity index (χ0v) is 15.0. The van der Waals surface area contributed by atoms with Gasteiger partial charge in [0.25, 0.3) is 0 Å². The summed E-state index contributed by atoms with van der Waals surface area (Å²) < 4.78 is 43.2. The highest BCUT2D eigenvalue weighted by Crippen LogP contribution is 2.27. The van der Waals surface area contributed by atoms with Crippen LogP contribution in [0, 0.1) is 5.82 Å². The Labute approximate surface area is 147 Å². The Morgan fingerprint density at radius 1 is 1.24 bits per heavy atom. The van der Waals surface area contributed by atoms with Crippen LogP contribution >= 0.6 is 0 Å². The van der Waals surface area contributed by atoms with Gasteiger partial charge in [0, 0.05) is 32.8 Å². The number of hydrogen-bond donors (Lipinski definition) is 0. The van der Waals surface area contributed by atoms with Gasteiger partial charge in [-0.25, -0.2) is 12.8 Å². The van der Waals surface area contributed by atoms with Crippen molar-refractivity contribution in [3.63, 3.8) is 0 Å². The Morgan fingerprint density at radius 2 is 1.96 bits per heavy atom. The fourth-order valence-electron chi connectivity index (χ4n) is 3.73. The van der Waals surface area contributed by atoms with Gasteiger partial charge in [-0.3, -0.25) is 9.69 Å². The third kappa shape index (κ3) is 4.02. The van der Waals surface area contributed by atoms with Gasteiger partial charge in [0.15, 0.2) is 9.84 Å². The van der Waals surface area contributed by atoms with Gasteiger partial charge in [0.2, 0.25) is 5.91 Å². The number of sulfone groups is 1. The first-order valence-corrected chi connectivity index (χ1v) is 10.2. The first-order valence-electron chi connectivity index (χ1n) is 8.37. The fourth-order valence-corrected chi connectivity index (χ4v) is 5.74. The number of carbonyl (C=O) groups excluding carboxylic acids is 1. The van der Waals surface area contributed by atoms with Crippen LogP contribution < -0.4 is 0 Å². The summed E-state index contributed by atoms with van der Waals surface area (Å²) in [6, 6.07) is 5.61. The number of rotatable bonds is 5. The number of fused-ring (bicyclic) bond motifs is 1. The molecule has 0 spiro atoms. The van der Waals surface area contributed by atoms with E-state index in [0.29, 0.717) is 31.8 Å². The summed E-state index contributed by atoms with van der Waals surface area (Å²) in [4.78, 5) is 16.4. The maximum atomic E-state index is 13.8. The van der Waals surface area contributed by atoms with Crippen molar-refractivity contribution in [3.05, 3.63) is 35.6 Å². The molecule has 0 N–H and O–H groups in total. The van der Waals surface area contributed by atoms with Gasteiger partial charge in [-0.05, 0) is 11.6 Å². The van der Waals surface area contributed by atoms with E-state index in [2.05, 4.69) is 4.90 Å². The second-order valence-electron chi connectivity index (χ2n) is 6.60. The van der Waals surface area contributed by atoms with Gasteiger partial charge < -0.3 is 9.64 Å². The SMILES string of the molecule is COCCN1CCN(C(=O)Cc2ccccc2F)[C@@H]2CS(=O)(=O)C[C@@H]21. The van der Waals surface area contributed by atoms with Crippen LogP contribution in [-0.4, -0.2) is 81.1 Å². The van der Waals surface area contributed by atoms with Gasteiger partial charge in [0.1, 0.15) is 5.82 Å². The zero-order valence-electron chi connectivity index (χ0n) is 14.2. The van der Waals surface area contributed by atoms with Crippen LogP contribution in [0.3, 0.4) is 0 Å². The molecule has 2 saturated heterocycles. The molecule has 2 heterocycles. The highest BCUT2D eigenvalue weighted by molar-refractivity contribution is 7.91. The van der Waals surface area contributed by atoms with E-state index in [1.54, 1.807) is 30.2 Å². The summed E-state index contributed by atoms with van der Waals surface area (Å²) in [5, 5.41) is 0. The van der Waals surface area contributed by atoms with E-state index in [1.165, 1.54) is 6.07 Å². The molecule has 2 atom stereocenters. The predicted octanol–water partition coefficient (Wildman–Crippen LogP) is 0.324. The average Bonchev–Trinajstić information content (AvgIpc) is 2.89.